The largest absolute Gasteiger partial charge is 0.455 e. The van der Waals surface area contributed by atoms with Crippen LogP contribution in [0.5, 0.6) is 0 Å². The first-order chi connectivity index (χ1) is 30.2. The topological polar surface area (TPSA) is 13.1 Å². The monoisotopic (exact) mass is 649 g/mol. The Morgan fingerprint density at radius 3 is 1.82 bits per heavy atom. The zero-order valence-electron chi connectivity index (χ0n) is 39.4. The van der Waals surface area contributed by atoms with E-state index in [0.29, 0.717) is 16.7 Å². The summed E-state index contributed by atoms with van der Waals surface area (Å²) in [6, 6.07) is 26.5. The zero-order valence-corrected chi connectivity index (χ0v) is 26.4. The van der Waals surface area contributed by atoms with Crippen LogP contribution in [0.2, 0.25) is 0 Å². The molecule has 0 amide bonds. The van der Waals surface area contributed by atoms with E-state index in [1.807, 2.05) is 54.6 Å². The molecule has 0 atom stereocenters. The van der Waals surface area contributed by atoms with Gasteiger partial charge in [0.05, 0.1) is 17.8 Å². The first kappa shape index (κ1) is 18.4. The fourth-order valence-corrected chi connectivity index (χ4v) is 7.20. The van der Waals surface area contributed by atoms with Crippen molar-refractivity contribution < 1.29 is 22.2 Å². The average molecular weight is 650 g/mol. The second-order valence-corrected chi connectivity index (χ2v) is 12.2. The highest BCUT2D eigenvalue weighted by Gasteiger charge is 2.17. The smallest absolute Gasteiger partial charge is 0.143 e. The van der Waals surface area contributed by atoms with Crippen molar-refractivity contribution in [2.45, 2.75) is 6.42 Å². The molecule has 0 fully saturated rings. The Hall–Kier alpha value is -6.44. The molecule has 0 unspecified atom stereocenters. The summed E-state index contributed by atoms with van der Waals surface area (Å²) in [4.78, 5) is 0. The quantitative estimate of drug-likeness (QED) is 0.169. The van der Waals surface area contributed by atoms with Gasteiger partial charge in [0.1, 0.15) is 11.2 Å². The highest BCUT2D eigenvalue weighted by atomic mass is 16.3. The minimum absolute atomic E-state index is 0.0157. The molecule has 0 aliphatic carbocycles. The maximum atomic E-state index is 9.24. The first-order valence-electron chi connectivity index (χ1n) is 22.7. The summed E-state index contributed by atoms with van der Waals surface area (Å²) in [6.07, 6.45) is -0.489. The molecule has 1 heteroatoms. The van der Waals surface area contributed by atoms with Gasteiger partial charge >= 0.3 is 0 Å². The standard InChI is InChI=1S/C49H32O/c1-2-12-32(13-3-1)30-46-40-17-6-8-19-43(40)48(44-20-9-7-18-41(44)46)35-26-24-34(25-27-35)39-22-11-23-45-42-29-28-36(31-47(42)50-49(39)45)38-21-10-15-33-14-4-5-16-37(33)38/h1-29,31H,30H2/i1D,2D,3D,6D,7D,8D,9D,12D,13D,17D,18D,19D,20D. The van der Waals surface area contributed by atoms with Crippen molar-refractivity contribution in [2.75, 3.05) is 0 Å². The predicted octanol–water partition coefficient (Wildman–Crippen LogP) is 13.6. The van der Waals surface area contributed by atoms with E-state index in [1.165, 1.54) is 0 Å². The van der Waals surface area contributed by atoms with Crippen molar-refractivity contribution in [2.24, 2.45) is 0 Å². The molecule has 10 aromatic rings. The Morgan fingerprint density at radius 1 is 0.440 bits per heavy atom. The second-order valence-electron chi connectivity index (χ2n) is 12.2. The van der Waals surface area contributed by atoms with Crippen LogP contribution >= 0.6 is 0 Å². The predicted molar refractivity (Wildman–Crippen MR) is 212 cm³/mol. The Balaban J connectivity index is 1.20. The normalized spacial score (nSPS) is 15.3. The Labute approximate surface area is 308 Å². The van der Waals surface area contributed by atoms with Crippen LogP contribution in [0.4, 0.5) is 0 Å². The van der Waals surface area contributed by atoms with Crippen LogP contribution < -0.4 is 0 Å². The van der Waals surface area contributed by atoms with Gasteiger partial charge in [-0.1, -0.05) is 170 Å². The van der Waals surface area contributed by atoms with Crippen molar-refractivity contribution in [3.63, 3.8) is 0 Å². The van der Waals surface area contributed by atoms with Gasteiger partial charge in [0.2, 0.25) is 0 Å². The van der Waals surface area contributed by atoms with E-state index in [2.05, 4.69) is 36.4 Å². The molecule has 0 radical (unpaired) electrons. The van der Waals surface area contributed by atoms with Gasteiger partial charge in [0, 0.05) is 16.3 Å². The average Bonchev–Trinajstić information content (AvgIpc) is 3.69. The minimum Gasteiger partial charge on any atom is -0.455 e. The molecule has 1 heterocycles. The lowest BCUT2D eigenvalue weighted by atomic mass is 9.86. The first-order valence-corrected chi connectivity index (χ1v) is 16.2. The van der Waals surface area contributed by atoms with E-state index in [0.717, 1.165) is 43.8 Å². The molecule has 1 nitrogen and oxygen atoms in total. The van der Waals surface area contributed by atoms with E-state index in [9.17, 15) is 5.48 Å². The van der Waals surface area contributed by atoms with Crippen molar-refractivity contribution >= 4 is 54.3 Å². The van der Waals surface area contributed by atoms with Crippen LogP contribution in [0, 0.1) is 0 Å². The lowest BCUT2D eigenvalue weighted by Crippen LogP contribution is -1.95. The molecule has 1 aromatic heterocycles. The van der Waals surface area contributed by atoms with Crippen LogP contribution in [-0.4, -0.2) is 0 Å². The maximum Gasteiger partial charge on any atom is 0.143 e. The van der Waals surface area contributed by atoms with Crippen LogP contribution in [0.15, 0.2) is 186 Å². The van der Waals surface area contributed by atoms with Gasteiger partial charge in [-0.15, -0.1) is 0 Å². The van der Waals surface area contributed by atoms with Gasteiger partial charge in [-0.25, -0.2) is 0 Å². The number of hydrogen-bond donors (Lipinski definition) is 0. The van der Waals surface area contributed by atoms with Crippen molar-refractivity contribution in [3.05, 3.63) is 193 Å². The summed E-state index contributed by atoms with van der Waals surface area (Å²) in [5, 5.41) is 3.89. The molecule has 0 saturated carbocycles. The van der Waals surface area contributed by atoms with E-state index in [-0.39, 0.29) is 38.2 Å². The van der Waals surface area contributed by atoms with Gasteiger partial charge in [-0.2, -0.15) is 0 Å². The van der Waals surface area contributed by atoms with E-state index >= 15 is 0 Å². The number of furan rings is 1. The molecule has 50 heavy (non-hydrogen) atoms. The SMILES string of the molecule is [2H]c1c([2H])c([2H])c(Cc2c3c([2H])c([2H])c([2H])c([2H])c3c(-c3ccc(-c4cccc5c4oc4cc(-c6cccc7ccccc67)ccc45)cc3)c3c([2H])c([2H])c([2H])c([2H])c23)c([2H])c1[2H]. The van der Waals surface area contributed by atoms with Crippen molar-refractivity contribution in [1.82, 2.24) is 0 Å². The molecule has 0 aliphatic rings. The van der Waals surface area contributed by atoms with Crippen LogP contribution in [0.3, 0.4) is 0 Å². The third-order valence-corrected chi connectivity index (χ3v) is 9.47. The fraction of sp³-hybridized carbons (Fsp3) is 0.0204. The molecule has 0 saturated heterocycles. The van der Waals surface area contributed by atoms with E-state index in [1.54, 1.807) is 12.1 Å². The van der Waals surface area contributed by atoms with E-state index < -0.39 is 85.0 Å². The summed E-state index contributed by atoms with van der Waals surface area (Å²) in [5.74, 6) is 0. The molecule has 0 aliphatic heterocycles. The molecule has 10 rings (SSSR count). The van der Waals surface area contributed by atoms with Crippen molar-refractivity contribution in [1.29, 1.82) is 0 Å². The minimum atomic E-state index is -0.617. The number of rotatable bonds is 5. The Kier molecular flexibility index (Phi) is 4.26. The van der Waals surface area contributed by atoms with E-state index in [4.69, 9.17) is 16.8 Å². The number of fused-ring (bicyclic) bond motifs is 6. The second kappa shape index (κ2) is 11.6. The summed E-state index contributed by atoms with van der Waals surface area (Å²) >= 11 is 0. The molecule has 9 aromatic carbocycles. The third-order valence-electron chi connectivity index (χ3n) is 9.47. The third kappa shape index (κ3) is 4.63. The number of para-hydroxylation sites is 1. The van der Waals surface area contributed by atoms with Gasteiger partial charge in [-0.05, 0) is 89.8 Å². The van der Waals surface area contributed by atoms with Gasteiger partial charge in [0.15, 0.2) is 0 Å². The molecule has 0 bridgehead atoms. The lowest BCUT2D eigenvalue weighted by Gasteiger charge is -2.18. The summed E-state index contributed by atoms with van der Waals surface area (Å²) in [5.41, 5.74) is 5.34. The van der Waals surface area contributed by atoms with Crippen LogP contribution in [-0.2, 0) is 6.42 Å². The molecule has 234 valence electrons. The Bertz CT molecular complexity index is 3520. The lowest BCUT2D eigenvalue weighted by molar-refractivity contribution is 0.670. The van der Waals surface area contributed by atoms with Crippen LogP contribution in [0.25, 0.3) is 87.6 Å². The summed E-state index contributed by atoms with van der Waals surface area (Å²) < 4.78 is 120. The number of hydrogen-bond acceptors (Lipinski definition) is 1. The molecular weight excluding hydrogens is 605 g/mol. The highest BCUT2D eigenvalue weighted by Crippen LogP contribution is 2.42. The molecule has 0 spiro atoms. The molecule has 0 N–H and O–H groups in total. The van der Waals surface area contributed by atoms with Crippen LogP contribution in [0.1, 0.15) is 28.9 Å². The van der Waals surface area contributed by atoms with Gasteiger partial charge in [-0.3, -0.25) is 0 Å². The number of benzene rings is 9. The summed E-state index contributed by atoms with van der Waals surface area (Å²) in [7, 11) is 0. The Morgan fingerprint density at radius 2 is 1.04 bits per heavy atom. The molecular formula is C49H32O. The fourth-order valence-electron chi connectivity index (χ4n) is 7.20. The van der Waals surface area contributed by atoms with Gasteiger partial charge in [0.25, 0.3) is 0 Å². The maximum absolute atomic E-state index is 9.24. The summed E-state index contributed by atoms with van der Waals surface area (Å²) in [6.45, 7) is 0. The highest BCUT2D eigenvalue weighted by molar-refractivity contribution is 6.15. The zero-order chi connectivity index (χ0) is 44.3. The van der Waals surface area contributed by atoms with Gasteiger partial charge < -0.3 is 4.42 Å². The van der Waals surface area contributed by atoms with Crippen molar-refractivity contribution in [3.8, 4) is 33.4 Å².